The topological polar surface area (TPSA) is 107 Å². The molecule has 0 aromatic heterocycles. The molecule has 1 heterocycles. The van der Waals surface area contributed by atoms with E-state index in [1.54, 1.807) is 12.1 Å². The van der Waals surface area contributed by atoms with Crippen LogP contribution in [0.5, 0.6) is 0 Å². The first-order valence-corrected chi connectivity index (χ1v) is 6.90. The average molecular weight is 304 g/mol. The first-order valence-electron chi connectivity index (χ1n) is 6.90. The molecular weight excluding hydrogens is 288 g/mol. The van der Waals surface area contributed by atoms with Gasteiger partial charge in [0.05, 0.1) is 0 Å². The molecule has 1 aliphatic rings. The van der Waals surface area contributed by atoms with E-state index in [1.807, 2.05) is 30.3 Å². The second-order valence-electron chi connectivity index (χ2n) is 5.39. The Bertz CT molecular complexity index is 700. The fraction of sp³-hybridized carbons (Fsp3) is 0.312. The molecule has 0 bridgehead atoms. The minimum atomic E-state index is -1.68. The lowest BCUT2D eigenvalue weighted by molar-refractivity contribution is -0.229. The van der Waals surface area contributed by atoms with Crippen LogP contribution in [0.2, 0.25) is 0 Å². The van der Waals surface area contributed by atoms with Gasteiger partial charge in [-0.05, 0) is 22.4 Å². The molecule has 1 fully saturated rings. The minimum Gasteiger partial charge on any atom is -0.479 e. The zero-order valence-electron chi connectivity index (χ0n) is 11.5. The Morgan fingerprint density at radius 1 is 0.909 bits per heavy atom. The van der Waals surface area contributed by atoms with E-state index in [-0.39, 0.29) is 0 Å². The number of carbonyl (C=O) groups is 1. The number of aliphatic hydroxyl groups excluding tert-OH is 3. The Kier molecular flexibility index (Phi) is 3.84. The van der Waals surface area contributed by atoms with E-state index in [4.69, 9.17) is 9.84 Å². The lowest BCUT2D eigenvalue weighted by atomic mass is 9.90. The van der Waals surface area contributed by atoms with Crippen LogP contribution >= 0.6 is 0 Å². The summed E-state index contributed by atoms with van der Waals surface area (Å²) in [5.41, 5.74) is 0.545. The van der Waals surface area contributed by atoms with Crippen molar-refractivity contribution < 1.29 is 30.0 Å². The van der Waals surface area contributed by atoms with Gasteiger partial charge in [-0.25, -0.2) is 4.79 Å². The van der Waals surface area contributed by atoms with Gasteiger partial charge in [0.25, 0.3) is 0 Å². The van der Waals surface area contributed by atoms with Crippen molar-refractivity contribution in [2.24, 2.45) is 0 Å². The highest BCUT2D eigenvalue weighted by Gasteiger charge is 2.47. The number of fused-ring (bicyclic) bond motifs is 1. The Labute approximate surface area is 126 Å². The van der Waals surface area contributed by atoms with Crippen molar-refractivity contribution in [3.63, 3.8) is 0 Å². The lowest BCUT2D eigenvalue weighted by Gasteiger charge is -2.39. The molecular formula is C16H16O6. The molecule has 1 saturated heterocycles. The summed E-state index contributed by atoms with van der Waals surface area (Å²) in [7, 11) is 0. The van der Waals surface area contributed by atoms with Crippen molar-refractivity contribution in [1.82, 2.24) is 0 Å². The van der Waals surface area contributed by atoms with Crippen LogP contribution in [0, 0.1) is 0 Å². The quantitative estimate of drug-likeness (QED) is 0.641. The predicted molar refractivity (Wildman–Crippen MR) is 77.2 cm³/mol. The maximum atomic E-state index is 11.1. The second-order valence-corrected chi connectivity index (χ2v) is 5.39. The number of benzene rings is 2. The van der Waals surface area contributed by atoms with Gasteiger partial charge in [-0.1, -0.05) is 36.4 Å². The van der Waals surface area contributed by atoms with Crippen LogP contribution in [-0.4, -0.2) is 50.8 Å². The van der Waals surface area contributed by atoms with Gasteiger partial charge in [0.2, 0.25) is 0 Å². The summed E-state index contributed by atoms with van der Waals surface area (Å²) in [6.45, 7) is 0. The van der Waals surface area contributed by atoms with E-state index >= 15 is 0 Å². The third kappa shape index (κ3) is 2.46. The number of hydrogen-bond acceptors (Lipinski definition) is 5. The summed E-state index contributed by atoms with van der Waals surface area (Å²) >= 11 is 0. The van der Waals surface area contributed by atoms with Crippen molar-refractivity contribution in [3.8, 4) is 0 Å². The van der Waals surface area contributed by atoms with Crippen molar-refractivity contribution in [3.05, 3.63) is 48.0 Å². The molecule has 0 unspecified atom stereocenters. The highest BCUT2D eigenvalue weighted by atomic mass is 16.6. The molecule has 5 atom stereocenters. The van der Waals surface area contributed by atoms with Gasteiger partial charge in [-0.15, -0.1) is 0 Å². The van der Waals surface area contributed by atoms with E-state index in [9.17, 15) is 20.1 Å². The summed E-state index contributed by atoms with van der Waals surface area (Å²) in [4.78, 5) is 11.1. The van der Waals surface area contributed by atoms with Gasteiger partial charge in [-0.3, -0.25) is 0 Å². The largest absolute Gasteiger partial charge is 0.479 e. The first-order chi connectivity index (χ1) is 10.5. The van der Waals surface area contributed by atoms with E-state index in [1.165, 1.54) is 0 Å². The van der Waals surface area contributed by atoms with Gasteiger partial charge < -0.3 is 25.2 Å². The normalized spacial score (nSPS) is 32.0. The Morgan fingerprint density at radius 3 is 2.27 bits per heavy atom. The minimum absolute atomic E-state index is 0.545. The van der Waals surface area contributed by atoms with Crippen molar-refractivity contribution in [2.45, 2.75) is 30.5 Å². The molecule has 4 N–H and O–H groups in total. The van der Waals surface area contributed by atoms with E-state index in [0.29, 0.717) is 5.56 Å². The van der Waals surface area contributed by atoms with Crippen LogP contribution in [-0.2, 0) is 9.53 Å². The lowest BCUT2D eigenvalue weighted by Crippen LogP contribution is -2.56. The van der Waals surface area contributed by atoms with Gasteiger partial charge in [-0.2, -0.15) is 0 Å². The number of aliphatic hydroxyl groups is 3. The molecule has 6 heteroatoms. The molecule has 116 valence electrons. The standard InChI is InChI=1S/C16H16O6/c17-11-12(18)14(22-15(13(11)19)16(20)21)10-6-5-8-3-1-2-4-9(8)7-10/h1-7,11-15,17-19H,(H,20,21)/t11-,12-,13+,14-,15+/m1/s1. The van der Waals surface area contributed by atoms with E-state index in [0.717, 1.165) is 10.8 Å². The van der Waals surface area contributed by atoms with Crippen LogP contribution in [0.15, 0.2) is 42.5 Å². The van der Waals surface area contributed by atoms with Crippen molar-refractivity contribution in [1.29, 1.82) is 0 Å². The highest BCUT2D eigenvalue weighted by Crippen LogP contribution is 2.33. The molecule has 22 heavy (non-hydrogen) atoms. The monoisotopic (exact) mass is 304 g/mol. The molecule has 0 saturated carbocycles. The predicted octanol–water partition coefficient (Wildman–Crippen LogP) is 0.447. The number of ether oxygens (including phenoxy) is 1. The number of carboxylic acid groups (broad SMARTS) is 1. The summed E-state index contributed by atoms with van der Waals surface area (Å²) in [6.07, 6.45) is -7.29. The average Bonchev–Trinajstić information content (AvgIpc) is 2.52. The van der Waals surface area contributed by atoms with Gasteiger partial charge >= 0.3 is 5.97 Å². The summed E-state index contributed by atoms with van der Waals surface area (Å²) in [5, 5.41) is 40.6. The van der Waals surface area contributed by atoms with Crippen LogP contribution in [0.3, 0.4) is 0 Å². The zero-order chi connectivity index (χ0) is 15.9. The van der Waals surface area contributed by atoms with Crippen LogP contribution < -0.4 is 0 Å². The molecule has 0 radical (unpaired) electrons. The van der Waals surface area contributed by atoms with Gasteiger partial charge in [0.15, 0.2) is 6.10 Å². The summed E-state index contributed by atoms with van der Waals surface area (Å²) in [6, 6.07) is 12.9. The Hall–Kier alpha value is -1.99. The molecule has 2 aromatic carbocycles. The molecule has 3 rings (SSSR count). The summed E-state index contributed by atoms with van der Waals surface area (Å²) in [5.74, 6) is -1.38. The van der Waals surface area contributed by atoms with Gasteiger partial charge in [0.1, 0.15) is 24.4 Å². The molecule has 1 aliphatic heterocycles. The number of carboxylic acids is 1. The Morgan fingerprint density at radius 2 is 1.59 bits per heavy atom. The fourth-order valence-corrected chi connectivity index (χ4v) is 2.74. The zero-order valence-corrected chi connectivity index (χ0v) is 11.5. The number of rotatable bonds is 2. The van der Waals surface area contributed by atoms with Crippen molar-refractivity contribution >= 4 is 16.7 Å². The van der Waals surface area contributed by atoms with Crippen LogP contribution in [0.1, 0.15) is 11.7 Å². The van der Waals surface area contributed by atoms with E-state index in [2.05, 4.69) is 0 Å². The third-order valence-corrected chi connectivity index (χ3v) is 3.96. The molecule has 0 spiro atoms. The van der Waals surface area contributed by atoms with Crippen LogP contribution in [0.25, 0.3) is 10.8 Å². The second kappa shape index (κ2) is 5.66. The van der Waals surface area contributed by atoms with E-state index < -0.39 is 36.5 Å². The first kappa shape index (κ1) is 14.9. The van der Waals surface area contributed by atoms with Crippen LogP contribution in [0.4, 0.5) is 0 Å². The fourth-order valence-electron chi connectivity index (χ4n) is 2.74. The SMILES string of the molecule is O=C(O)[C@H]1O[C@H](c2ccc3ccccc3c2)[C@H](O)[C@@H](O)[C@@H]1O. The summed E-state index contributed by atoms with van der Waals surface area (Å²) < 4.78 is 5.32. The Balaban J connectivity index is 1.98. The number of hydrogen-bond donors (Lipinski definition) is 4. The smallest absolute Gasteiger partial charge is 0.335 e. The molecule has 2 aromatic rings. The third-order valence-electron chi connectivity index (χ3n) is 3.96. The molecule has 0 aliphatic carbocycles. The molecule has 6 nitrogen and oxygen atoms in total. The molecule has 0 amide bonds. The maximum absolute atomic E-state index is 11.1. The van der Waals surface area contributed by atoms with Gasteiger partial charge in [0, 0.05) is 0 Å². The number of aliphatic carboxylic acids is 1. The highest BCUT2D eigenvalue weighted by molar-refractivity contribution is 5.83. The maximum Gasteiger partial charge on any atom is 0.335 e. The van der Waals surface area contributed by atoms with Crippen molar-refractivity contribution in [2.75, 3.05) is 0 Å².